The Kier molecular flexibility index (Phi) is 2.64. The van der Waals surface area contributed by atoms with Gasteiger partial charge in [0, 0.05) is 12.5 Å². The van der Waals surface area contributed by atoms with Crippen molar-refractivity contribution in [2.45, 2.75) is 18.4 Å². The fourth-order valence-electron chi connectivity index (χ4n) is 2.43. The van der Waals surface area contributed by atoms with E-state index < -0.39 is 12.0 Å². The molecule has 0 radical (unpaired) electrons. The summed E-state index contributed by atoms with van der Waals surface area (Å²) in [7, 11) is 0. The highest BCUT2D eigenvalue weighted by atomic mass is 19.3. The number of rotatable bonds is 2. The summed E-state index contributed by atoms with van der Waals surface area (Å²) in [5.74, 6) is -2.12. The van der Waals surface area contributed by atoms with Crippen LogP contribution in [-0.4, -0.2) is 37.0 Å². The minimum Gasteiger partial charge on any atom is -0.443 e. The van der Waals surface area contributed by atoms with E-state index in [1.165, 1.54) is 17.0 Å². The molecule has 1 fully saturated rings. The van der Waals surface area contributed by atoms with Crippen LogP contribution in [0.1, 0.15) is 18.3 Å². The highest BCUT2D eigenvalue weighted by Crippen LogP contribution is 2.33. The highest BCUT2D eigenvalue weighted by molar-refractivity contribution is 5.58. The van der Waals surface area contributed by atoms with E-state index in [1.807, 2.05) is 0 Å². The van der Waals surface area contributed by atoms with Gasteiger partial charge >= 0.3 is 0 Å². The van der Waals surface area contributed by atoms with Gasteiger partial charge in [0.25, 0.3) is 5.92 Å². The third-order valence-corrected chi connectivity index (χ3v) is 3.44. The molecule has 0 unspecified atom stereocenters. The van der Waals surface area contributed by atoms with Crippen molar-refractivity contribution in [2.75, 3.05) is 12.3 Å². The predicted octanol–water partition coefficient (Wildman–Crippen LogP) is 1.03. The molecular weight excluding hydrogens is 296 g/mol. The van der Waals surface area contributed by atoms with Crippen LogP contribution in [-0.2, 0) is 0 Å². The normalized spacial score (nSPS) is 20.7. The third kappa shape index (κ3) is 2.08. The molecule has 1 saturated heterocycles. The second-order valence-corrected chi connectivity index (χ2v) is 5.07. The van der Waals surface area contributed by atoms with Crippen molar-refractivity contribution < 1.29 is 13.2 Å². The standard InChI is InChI=1S/C12H11F2N7O/c13-12(14)4-7(17-5-12)9-19-8-3-6(10-16-1-2-22-10)18-11(15)21(8)20-9/h1-3,7,17H,4-5H2,(H2,15,18)/t7-/m0/s1. The van der Waals surface area contributed by atoms with Crippen LogP contribution in [0.25, 0.3) is 17.2 Å². The van der Waals surface area contributed by atoms with E-state index in [4.69, 9.17) is 10.2 Å². The summed E-state index contributed by atoms with van der Waals surface area (Å²) in [5, 5.41) is 6.86. The monoisotopic (exact) mass is 307 g/mol. The first kappa shape index (κ1) is 13.1. The molecule has 0 aromatic carbocycles. The molecule has 10 heteroatoms. The average Bonchev–Trinajstić information content (AvgIpc) is 3.16. The molecule has 0 aliphatic carbocycles. The van der Waals surface area contributed by atoms with E-state index in [-0.39, 0.29) is 24.7 Å². The second kappa shape index (κ2) is 4.44. The first-order valence-electron chi connectivity index (χ1n) is 6.56. The Morgan fingerprint density at radius 1 is 1.41 bits per heavy atom. The number of hydrogen-bond acceptors (Lipinski definition) is 7. The van der Waals surface area contributed by atoms with Crippen molar-refractivity contribution in [3.63, 3.8) is 0 Å². The predicted molar refractivity (Wildman–Crippen MR) is 71.0 cm³/mol. The first-order valence-corrected chi connectivity index (χ1v) is 6.56. The van der Waals surface area contributed by atoms with Crippen molar-refractivity contribution in [3.8, 4) is 11.6 Å². The van der Waals surface area contributed by atoms with Gasteiger partial charge in [-0.1, -0.05) is 0 Å². The van der Waals surface area contributed by atoms with Crippen LogP contribution >= 0.6 is 0 Å². The van der Waals surface area contributed by atoms with Crippen LogP contribution in [0.15, 0.2) is 22.9 Å². The summed E-state index contributed by atoms with van der Waals surface area (Å²) in [5.41, 5.74) is 6.64. The molecule has 8 nitrogen and oxygen atoms in total. The quantitative estimate of drug-likeness (QED) is 0.728. The van der Waals surface area contributed by atoms with E-state index in [2.05, 4.69) is 25.4 Å². The molecule has 0 spiro atoms. The van der Waals surface area contributed by atoms with Gasteiger partial charge in [0.1, 0.15) is 12.0 Å². The topological polar surface area (TPSA) is 107 Å². The number of fused-ring (bicyclic) bond motifs is 1. The van der Waals surface area contributed by atoms with E-state index >= 15 is 0 Å². The van der Waals surface area contributed by atoms with Gasteiger partial charge in [-0.3, -0.25) is 0 Å². The zero-order valence-electron chi connectivity index (χ0n) is 11.2. The number of hydrogen-bond donors (Lipinski definition) is 2. The van der Waals surface area contributed by atoms with Crippen molar-refractivity contribution >= 4 is 11.6 Å². The van der Waals surface area contributed by atoms with Crippen LogP contribution in [0.4, 0.5) is 14.7 Å². The Labute approximate surface area is 122 Å². The van der Waals surface area contributed by atoms with Crippen LogP contribution in [0.2, 0.25) is 0 Å². The lowest BCUT2D eigenvalue weighted by molar-refractivity contribution is 0.0208. The molecule has 1 aliphatic rings. The zero-order chi connectivity index (χ0) is 15.3. The van der Waals surface area contributed by atoms with Crippen LogP contribution in [0.5, 0.6) is 0 Å². The molecule has 4 rings (SSSR count). The lowest BCUT2D eigenvalue weighted by Crippen LogP contribution is -2.19. The van der Waals surface area contributed by atoms with Gasteiger partial charge in [0.05, 0.1) is 18.8 Å². The van der Waals surface area contributed by atoms with Crippen LogP contribution < -0.4 is 11.1 Å². The lowest BCUT2D eigenvalue weighted by Gasteiger charge is -2.05. The molecule has 22 heavy (non-hydrogen) atoms. The summed E-state index contributed by atoms with van der Waals surface area (Å²) in [6.07, 6.45) is 2.55. The maximum absolute atomic E-state index is 13.3. The van der Waals surface area contributed by atoms with Crippen molar-refractivity contribution in [1.82, 2.24) is 29.9 Å². The van der Waals surface area contributed by atoms with E-state index in [9.17, 15) is 8.78 Å². The molecule has 114 valence electrons. The molecule has 1 aliphatic heterocycles. The van der Waals surface area contributed by atoms with Crippen molar-refractivity contribution in [1.29, 1.82) is 0 Å². The Bertz CT molecular complexity index is 829. The molecule has 4 heterocycles. The highest BCUT2D eigenvalue weighted by Gasteiger charge is 2.41. The third-order valence-electron chi connectivity index (χ3n) is 3.44. The minimum absolute atomic E-state index is 0.0780. The van der Waals surface area contributed by atoms with Gasteiger partial charge in [-0.05, 0) is 0 Å². The Hall–Kier alpha value is -2.62. The number of alkyl halides is 2. The molecule has 3 aromatic rings. The van der Waals surface area contributed by atoms with Gasteiger partial charge in [-0.15, -0.1) is 5.10 Å². The number of oxazole rings is 1. The van der Waals surface area contributed by atoms with Crippen LogP contribution in [0.3, 0.4) is 0 Å². The molecule has 3 aromatic heterocycles. The van der Waals surface area contributed by atoms with E-state index in [0.717, 1.165) is 0 Å². The van der Waals surface area contributed by atoms with Gasteiger partial charge in [-0.25, -0.2) is 23.7 Å². The summed E-state index contributed by atoms with van der Waals surface area (Å²) >= 11 is 0. The Balaban J connectivity index is 1.76. The Morgan fingerprint density at radius 3 is 2.95 bits per heavy atom. The number of nitrogens with zero attached hydrogens (tertiary/aromatic N) is 5. The SMILES string of the molecule is Nc1nc(-c2ncco2)cc2nc([C@@H]3CC(F)(F)CN3)nn12. The second-order valence-electron chi connectivity index (χ2n) is 5.07. The van der Waals surface area contributed by atoms with E-state index in [1.54, 1.807) is 6.07 Å². The smallest absolute Gasteiger partial charge is 0.262 e. The van der Waals surface area contributed by atoms with E-state index in [0.29, 0.717) is 17.2 Å². The number of nitrogens with one attached hydrogen (secondary N) is 1. The lowest BCUT2D eigenvalue weighted by atomic mass is 10.2. The molecule has 0 amide bonds. The summed E-state index contributed by atoms with van der Waals surface area (Å²) < 4.78 is 33.0. The maximum atomic E-state index is 13.3. The number of halogens is 2. The first-order chi connectivity index (χ1) is 10.5. The largest absolute Gasteiger partial charge is 0.443 e. The van der Waals surface area contributed by atoms with Crippen molar-refractivity contribution in [3.05, 3.63) is 24.4 Å². The number of nitrogens with two attached hydrogens (primary N) is 1. The minimum atomic E-state index is -2.75. The van der Waals surface area contributed by atoms with Crippen LogP contribution in [0, 0.1) is 0 Å². The van der Waals surface area contributed by atoms with Gasteiger partial charge in [0.15, 0.2) is 11.5 Å². The molecule has 1 atom stereocenters. The fourth-order valence-corrected chi connectivity index (χ4v) is 2.43. The number of anilines is 1. The average molecular weight is 307 g/mol. The summed E-state index contributed by atoms with van der Waals surface area (Å²) in [6.45, 7) is -0.386. The summed E-state index contributed by atoms with van der Waals surface area (Å²) in [4.78, 5) is 12.4. The van der Waals surface area contributed by atoms with Gasteiger partial charge in [-0.2, -0.15) is 4.52 Å². The Morgan fingerprint density at radius 2 is 2.27 bits per heavy atom. The molecule has 0 bridgehead atoms. The maximum Gasteiger partial charge on any atom is 0.262 e. The summed E-state index contributed by atoms with van der Waals surface area (Å²) in [6, 6.07) is 0.977. The van der Waals surface area contributed by atoms with Crippen molar-refractivity contribution in [2.24, 2.45) is 0 Å². The zero-order valence-corrected chi connectivity index (χ0v) is 11.2. The molecular formula is C12H11F2N7O. The molecule has 0 saturated carbocycles. The van der Waals surface area contributed by atoms with Gasteiger partial charge in [0.2, 0.25) is 11.8 Å². The fraction of sp³-hybridized carbons (Fsp3) is 0.333. The number of aromatic nitrogens is 5. The van der Waals surface area contributed by atoms with Gasteiger partial charge < -0.3 is 15.5 Å². The molecule has 3 N–H and O–H groups in total. The number of nitrogen functional groups attached to an aromatic ring is 1.